The third kappa shape index (κ3) is 1.79. The molecular weight excluding hydrogens is 271 g/mol. The number of fused-ring (bicyclic) bond motifs is 1. The molecule has 0 saturated carbocycles. The van der Waals surface area contributed by atoms with Crippen LogP contribution < -0.4 is 5.73 Å². The third-order valence-corrected chi connectivity index (χ3v) is 3.00. The van der Waals surface area contributed by atoms with Gasteiger partial charge in [0.15, 0.2) is 5.65 Å². The molecule has 0 fully saturated rings. The highest BCUT2D eigenvalue weighted by Crippen LogP contribution is 2.24. The molecule has 4 nitrogen and oxygen atoms in total. The Morgan fingerprint density at radius 2 is 1.94 bits per heavy atom. The Morgan fingerprint density at radius 3 is 2.72 bits per heavy atom. The van der Waals surface area contributed by atoms with E-state index < -0.39 is 0 Å². The first-order chi connectivity index (χ1) is 8.65. The molecule has 0 atom stereocenters. The van der Waals surface area contributed by atoms with Gasteiger partial charge in [0.25, 0.3) is 0 Å². The molecular formula is C12H8Cl2N4. The summed E-state index contributed by atoms with van der Waals surface area (Å²) < 4.78 is 1.73. The first kappa shape index (κ1) is 11.3. The molecule has 0 amide bonds. The monoisotopic (exact) mass is 278 g/mol. The Hall–Kier alpha value is -1.78. The fourth-order valence-corrected chi connectivity index (χ4v) is 2.16. The summed E-state index contributed by atoms with van der Waals surface area (Å²) in [6.07, 6.45) is 1.56. The average molecular weight is 279 g/mol. The molecule has 18 heavy (non-hydrogen) atoms. The molecule has 0 aliphatic heterocycles. The van der Waals surface area contributed by atoms with Crippen molar-refractivity contribution in [2.24, 2.45) is 0 Å². The van der Waals surface area contributed by atoms with Crippen LogP contribution in [0.1, 0.15) is 0 Å². The summed E-state index contributed by atoms with van der Waals surface area (Å²) in [6.45, 7) is 0. The summed E-state index contributed by atoms with van der Waals surface area (Å²) >= 11 is 11.9. The standard InChI is InChI=1S/C12H8Cl2N4/c13-7-2-1-3-9(4-7)18-11-10(17-12(18)15)5-8(14)6-16-11/h1-6H,(H2,15,17). The Morgan fingerprint density at radius 1 is 1.11 bits per heavy atom. The van der Waals surface area contributed by atoms with E-state index in [4.69, 9.17) is 28.9 Å². The smallest absolute Gasteiger partial charge is 0.207 e. The van der Waals surface area contributed by atoms with Gasteiger partial charge in [-0.1, -0.05) is 29.3 Å². The maximum Gasteiger partial charge on any atom is 0.207 e. The SMILES string of the molecule is Nc1nc2cc(Cl)cnc2n1-c1cccc(Cl)c1. The van der Waals surface area contributed by atoms with Crippen molar-refractivity contribution in [1.82, 2.24) is 14.5 Å². The zero-order valence-electron chi connectivity index (χ0n) is 9.14. The van der Waals surface area contributed by atoms with Crippen LogP contribution in [0.2, 0.25) is 10.0 Å². The van der Waals surface area contributed by atoms with Gasteiger partial charge in [-0.15, -0.1) is 0 Å². The Balaban J connectivity index is 2.32. The zero-order chi connectivity index (χ0) is 12.7. The van der Waals surface area contributed by atoms with E-state index in [0.29, 0.717) is 27.2 Å². The lowest BCUT2D eigenvalue weighted by molar-refractivity contribution is 1.08. The molecule has 0 bridgehead atoms. The highest BCUT2D eigenvalue weighted by Gasteiger charge is 2.11. The summed E-state index contributed by atoms with van der Waals surface area (Å²) in [5.74, 6) is 0.349. The Kier molecular flexibility index (Phi) is 2.61. The summed E-state index contributed by atoms with van der Waals surface area (Å²) in [4.78, 5) is 8.48. The lowest BCUT2D eigenvalue weighted by Crippen LogP contribution is -2.01. The molecule has 90 valence electrons. The number of aromatic nitrogens is 3. The van der Waals surface area contributed by atoms with Crippen molar-refractivity contribution in [2.45, 2.75) is 0 Å². The number of nitrogen functional groups attached to an aromatic ring is 1. The molecule has 1 aromatic carbocycles. The van der Waals surface area contributed by atoms with E-state index >= 15 is 0 Å². The molecule has 2 heterocycles. The molecule has 6 heteroatoms. The number of hydrogen-bond donors (Lipinski definition) is 1. The van der Waals surface area contributed by atoms with Gasteiger partial charge in [-0.2, -0.15) is 0 Å². The van der Waals surface area contributed by atoms with E-state index in [9.17, 15) is 0 Å². The maximum atomic E-state index is 5.97. The lowest BCUT2D eigenvalue weighted by atomic mass is 10.3. The van der Waals surface area contributed by atoms with Crippen molar-refractivity contribution < 1.29 is 0 Å². The second-order valence-corrected chi connectivity index (χ2v) is 4.65. The third-order valence-electron chi connectivity index (χ3n) is 2.56. The van der Waals surface area contributed by atoms with Gasteiger partial charge in [-0.25, -0.2) is 9.97 Å². The summed E-state index contributed by atoms with van der Waals surface area (Å²) in [6, 6.07) is 9.06. The van der Waals surface area contributed by atoms with Gasteiger partial charge < -0.3 is 5.73 Å². The van der Waals surface area contributed by atoms with Crippen molar-refractivity contribution in [1.29, 1.82) is 0 Å². The summed E-state index contributed by atoms with van der Waals surface area (Å²) in [7, 11) is 0. The Labute approximate surface area is 113 Å². The average Bonchev–Trinajstić information content (AvgIpc) is 2.64. The van der Waals surface area contributed by atoms with Crippen LogP contribution in [-0.4, -0.2) is 14.5 Å². The number of halogens is 2. The zero-order valence-corrected chi connectivity index (χ0v) is 10.7. The predicted octanol–water partition coefficient (Wildman–Crippen LogP) is 3.31. The van der Waals surface area contributed by atoms with Crippen LogP contribution >= 0.6 is 23.2 Å². The van der Waals surface area contributed by atoms with E-state index in [1.165, 1.54) is 0 Å². The van der Waals surface area contributed by atoms with Gasteiger partial charge in [0.1, 0.15) is 5.52 Å². The summed E-state index contributed by atoms with van der Waals surface area (Å²) in [5, 5.41) is 1.15. The number of benzene rings is 1. The number of rotatable bonds is 1. The quantitative estimate of drug-likeness (QED) is 0.743. The fraction of sp³-hybridized carbons (Fsp3) is 0. The Bertz CT molecular complexity index is 736. The van der Waals surface area contributed by atoms with Crippen molar-refractivity contribution in [3.05, 3.63) is 46.6 Å². The van der Waals surface area contributed by atoms with Gasteiger partial charge in [0.2, 0.25) is 5.95 Å². The van der Waals surface area contributed by atoms with Crippen LogP contribution in [0.25, 0.3) is 16.9 Å². The number of hydrogen-bond acceptors (Lipinski definition) is 3. The van der Waals surface area contributed by atoms with Crippen molar-refractivity contribution in [3.8, 4) is 5.69 Å². The van der Waals surface area contributed by atoms with Crippen molar-refractivity contribution in [2.75, 3.05) is 5.73 Å². The van der Waals surface area contributed by atoms with E-state index in [1.54, 1.807) is 29.0 Å². The molecule has 0 aliphatic carbocycles. The van der Waals surface area contributed by atoms with E-state index in [0.717, 1.165) is 5.69 Å². The van der Waals surface area contributed by atoms with Crippen LogP contribution in [0.5, 0.6) is 0 Å². The van der Waals surface area contributed by atoms with Crippen molar-refractivity contribution >= 4 is 40.3 Å². The number of nitrogens with zero attached hydrogens (tertiary/aromatic N) is 3. The fourth-order valence-electron chi connectivity index (χ4n) is 1.83. The van der Waals surface area contributed by atoms with Gasteiger partial charge >= 0.3 is 0 Å². The predicted molar refractivity (Wildman–Crippen MR) is 73.3 cm³/mol. The molecule has 0 unspecified atom stereocenters. The van der Waals surface area contributed by atoms with Crippen molar-refractivity contribution in [3.63, 3.8) is 0 Å². The summed E-state index contributed by atoms with van der Waals surface area (Å²) in [5.41, 5.74) is 8.03. The number of pyridine rings is 1. The van der Waals surface area contributed by atoms with Gasteiger partial charge in [0.05, 0.1) is 10.7 Å². The lowest BCUT2D eigenvalue weighted by Gasteiger charge is -2.05. The number of nitrogens with two attached hydrogens (primary N) is 1. The molecule has 3 rings (SSSR count). The van der Waals surface area contributed by atoms with E-state index in [1.807, 2.05) is 12.1 Å². The highest BCUT2D eigenvalue weighted by molar-refractivity contribution is 6.31. The first-order valence-electron chi connectivity index (χ1n) is 5.20. The molecule has 0 radical (unpaired) electrons. The largest absolute Gasteiger partial charge is 0.369 e. The topological polar surface area (TPSA) is 56.7 Å². The minimum absolute atomic E-state index is 0.349. The van der Waals surface area contributed by atoms with Crippen LogP contribution in [0.4, 0.5) is 5.95 Å². The van der Waals surface area contributed by atoms with Crippen LogP contribution in [-0.2, 0) is 0 Å². The van der Waals surface area contributed by atoms with Crippen LogP contribution in [0.3, 0.4) is 0 Å². The maximum absolute atomic E-state index is 5.97. The first-order valence-corrected chi connectivity index (χ1v) is 5.96. The minimum atomic E-state index is 0.349. The van der Waals surface area contributed by atoms with E-state index in [2.05, 4.69) is 9.97 Å². The number of imidazole rings is 1. The molecule has 0 aliphatic rings. The van der Waals surface area contributed by atoms with Crippen LogP contribution in [0.15, 0.2) is 36.5 Å². The van der Waals surface area contributed by atoms with E-state index in [-0.39, 0.29) is 0 Å². The highest BCUT2D eigenvalue weighted by atomic mass is 35.5. The normalized spacial score (nSPS) is 11.0. The molecule has 2 N–H and O–H groups in total. The minimum Gasteiger partial charge on any atom is -0.369 e. The second kappa shape index (κ2) is 4.15. The van der Waals surface area contributed by atoms with Gasteiger partial charge in [-0.05, 0) is 24.3 Å². The number of anilines is 1. The molecule has 3 aromatic rings. The second-order valence-electron chi connectivity index (χ2n) is 3.78. The van der Waals surface area contributed by atoms with Crippen LogP contribution in [0, 0.1) is 0 Å². The molecule has 0 spiro atoms. The molecule has 0 saturated heterocycles. The molecule has 2 aromatic heterocycles. The van der Waals surface area contributed by atoms with Gasteiger partial charge in [0, 0.05) is 11.2 Å². The van der Waals surface area contributed by atoms with Gasteiger partial charge in [-0.3, -0.25) is 4.57 Å².